The van der Waals surface area contributed by atoms with Crippen molar-refractivity contribution in [2.24, 2.45) is 0 Å². The van der Waals surface area contributed by atoms with Crippen LogP contribution in [0.2, 0.25) is 0 Å². The molecule has 1 atom stereocenters. The standard InChI is InChI=1S/C11H17NO3/c1-3-6-9(4-2)12-10(13)7-5-8-11(14)15/h2,9H,3,5-8H2,1H3,(H,12,13)(H,14,15). The highest BCUT2D eigenvalue weighted by Gasteiger charge is 2.08. The summed E-state index contributed by atoms with van der Waals surface area (Å²) in [5.74, 6) is 1.43. The Bertz CT molecular complexity index is 255. The molecule has 0 bridgehead atoms. The molecule has 15 heavy (non-hydrogen) atoms. The molecular weight excluding hydrogens is 194 g/mol. The van der Waals surface area contributed by atoms with Crippen molar-refractivity contribution in [2.45, 2.75) is 45.1 Å². The van der Waals surface area contributed by atoms with Crippen molar-refractivity contribution in [1.29, 1.82) is 0 Å². The third kappa shape index (κ3) is 7.56. The first-order chi connectivity index (χ1) is 7.10. The molecule has 4 nitrogen and oxygen atoms in total. The van der Waals surface area contributed by atoms with Gasteiger partial charge in [-0.05, 0) is 12.8 Å². The van der Waals surface area contributed by atoms with E-state index in [-0.39, 0.29) is 24.8 Å². The van der Waals surface area contributed by atoms with Crippen molar-refractivity contribution >= 4 is 11.9 Å². The number of carbonyl (C=O) groups excluding carboxylic acids is 1. The van der Waals surface area contributed by atoms with E-state index in [1.807, 2.05) is 6.92 Å². The number of hydrogen-bond acceptors (Lipinski definition) is 2. The van der Waals surface area contributed by atoms with Crippen molar-refractivity contribution in [1.82, 2.24) is 5.32 Å². The van der Waals surface area contributed by atoms with Crippen LogP contribution in [0.3, 0.4) is 0 Å². The molecule has 0 fully saturated rings. The Kier molecular flexibility index (Phi) is 7.08. The van der Waals surface area contributed by atoms with Crippen molar-refractivity contribution < 1.29 is 14.7 Å². The van der Waals surface area contributed by atoms with Gasteiger partial charge in [0.25, 0.3) is 0 Å². The van der Waals surface area contributed by atoms with Gasteiger partial charge in [0, 0.05) is 12.8 Å². The molecule has 4 heteroatoms. The largest absolute Gasteiger partial charge is 0.481 e. The fourth-order valence-corrected chi connectivity index (χ4v) is 1.15. The van der Waals surface area contributed by atoms with Crippen molar-refractivity contribution in [3.63, 3.8) is 0 Å². The second-order valence-electron chi connectivity index (χ2n) is 3.32. The fourth-order valence-electron chi connectivity index (χ4n) is 1.15. The number of carbonyl (C=O) groups is 2. The topological polar surface area (TPSA) is 66.4 Å². The molecule has 0 saturated carbocycles. The van der Waals surface area contributed by atoms with E-state index < -0.39 is 5.97 Å². The van der Waals surface area contributed by atoms with E-state index >= 15 is 0 Å². The van der Waals surface area contributed by atoms with Gasteiger partial charge in [-0.2, -0.15) is 0 Å². The van der Waals surface area contributed by atoms with Crippen molar-refractivity contribution in [3.05, 3.63) is 0 Å². The number of aliphatic carboxylic acids is 1. The maximum Gasteiger partial charge on any atom is 0.303 e. The minimum Gasteiger partial charge on any atom is -0.481 e. The van der Waals surface area contributed by atoms with Crippen LogP contribution in [0, 0.1) is 12.3 Å². The van der Waals surface area contributed by atoms with Gasteiger partial charge in [0.05, 0.1) is 6.04 Å². The third-order valence-electron chi connectivity index (χ3n) is 1.91. The molecule has 2 N–H and O–H groups in total. The number of nitrogens with one attached hydrogen (secondary N) is 1. The summed E-state index contributed by atoms with van der Waals surface area (Å²) in [4.78, 5) is 21.5. The van der Waals surface area contributed by atoms with Gasteiger partial charge in [0.2, 0.25) is 5.91 Å². The molecule has 0 aromatic rings. The van der Waals surface area contributed by atoms with Crippen LogP contribution in [0.4, 0.5) is 0 Å². The Morgan fingerprint density at radius 3 is 2.60 bits per heavy atom. The zero-order valence-corrected chi connectivity index (χ0v) is 8.95. The number of terminal acetylenes is 1. The Morgan fingerprint density at radius 1 is 1.47 bits per heavy atom. The molecule has 0 heterocycles. The monoisotopic (exact) mass is 211 g/mol. The average Bonchev–Trinajstić information content (AvgIpc) is 2.16. The molecule has 0 aliphatic rings. The average molecular weight is 211 g/mol. The lowest BCUT2D eigenvalue weighted by atomic mass is 10.1. The zero-order valence-electron chi connectivity index (χ0n) is 8.95. The van der Waals surface area contributed by atoms with E-state index in [0.29, 0.717) is 6.42 Å². The number of carboxylic acids is 1. The molecule has 0 spiro atoms. The molecule has 0 aromatic heterocycles. The summed E-state index contributed by atoms with van der Waals surface area (Å²) in [6, 6.07) is -0.229. The molecule has 0 aliphatic heterocycles. The van der Waals surface area contributed by atoms with Gasteiger partial charge in [0.1, 0.15) is 0 Å². The molecule has 0 rings (SSSR count). The Labute approximate surface area is 90.1 Å². The molecule has 1 amide bonds. The minimum atomic E-state index is -0.884. The number of carboxylic acid groups (broad SMARTS) is 1. The highest BCUT2D eigenvalue weighted by Crippen LogP contribution is 1.99. The molecule has 84 valence electrons. The maximum absolute atomic E-state index is 11.3. The predicted molar refractivity (Wildman–Crippen MR) is 57.2 cm³/mol. The predicted octanol–water partition coefficient (Wildman–Crippen LogP) is 1.16. The lowest BCUT2D eigenvalue weighted by molar-refractivity contribution is -0.137. The first kappa shape index (κ1) is 13.5. The lowest BCUT2D eigenvalue weighted by Crippen LogP contribution is -2.33. The molecule has 0 aliphatic carbocycles. The van der Waals surface area contributed by atoms with Crippen LogP contribution in [0.1, 0.15) is 39.0 Å². The van der Waals surface area contributed by atoms with Crippen LogP contribution in [-0.2, 0) is 9.59 Å². The third-order valence-corrected chi connectivity index (χ3v) is 1.91. The van der Waals surface area contributed by atoms with E-state index in [4.69, 9.17) is 11.5 Å². The van der Waals surface area contributed by atoms with E-state index in [1.165, 1.54) is 0 Å². The summed E-state index contributed by atoms with van der Waals surface area (Å²) in [6.07, 6.45) is 7.47. The van der Waals surface area contributed by atoms with Gasteiger partial charge in [-0.1, -0.05) is 19.3 Å². The van der Waals surface area contributed by atoms with Crippen molar-refractivity contribution in [2.75, 3.05) is 0 Å². The molecule has 0 radical (unpaired) electrons. The number of amides is 1. The molecule has 1 unspecified atom stereocenters. The Balaban J connectivity index is 3.72. The Hall–Kier alpha value is -1.50. The highest BCUT2D eigenvalue weighted by molar-refractivity contribution is 5.77. The summed E-state index contributed by atoms with van der Waals surface area (Å²) >= 11 is 0. The van der Waals surface area contributed by atoms with E-state index in [1.54, 1.807) is 0 Å². The number of rotatable bonds is 7. The SMILES string of the molecule is C#CC(CCC)NC(=O)CCCC(=O)O. The quantitative estimate of drug-likeness (QED) is 0.621. The van der Waals surface area contributed by atoms with E-state index in [0.717, 1.165) is 12.8 Å². The van der Waals surface area contributed by atoms with Crippen LogP contribution in [-0.4, -0.2) is 23.0 Å². The van der Waals surface area contributed by atoms with Crippen LogP contribution in [0.5, 0.6) is 0 Å². The second kappa shape index (κ2) is 7.86. The minimum absolute atomic E-state index is 0.0158. The van der Waals surface area contributed by atoms with Crippen molar-refractivity contribution in [3.8, 4) is 12.3 Å². The molecule has 0 saturated heterocycles. The summed E-state index contributed by atoms with van der Waals surface area (Å²) in [6.45, 7) is 1.99. The molecular formula is C11H17NO3. The lowest BCUT2D eigenvalue weighted by Gasteiger charge is -2.11. The highest BCUT2D eigenvalue weighted by atomic mass is 16.4. The van der Waals surface area contributed by atoms with Gasteiger partial charge in [-0.15, -0.1) is 6.42 Å². The smallest absolute Gasteiger partial charge is 0.303 e. The molecule has 0 aromatic carbocycles. The van der Waals surface area contributed by atoms with Gasteiger partial charge >= 0.3 is 5.97 Å². The first-order valence-electron chi connectivity index (χ1n) is 5.07. The van der Waals surface area contributed by atoms with Crippen LogP contribution >= 0.6 is 0 Å². The first-order valence-corrected chi connectivity index (χ1v) is 5.07. The van der Waals surface area contributed by atoms with E-state index in [2.05, 4.69) is 11.2 Å². The maximum atomic E-state index is 11.3. The van der Waals surface area contributed by atoms with Gasteiger partial charge < -0.3 is 10.4 Å². The Morgan fingerprint density at radius 2 is 2.13 bits per heavy atom. The zero-order chi connectivity index (χ0) is 11.7. The normalized spacial score (nSPS) is 11.5. The van der Waals surface area contributed by atoms with Crippen LogP contribution in [0.25, 0.3) is 0 Å². The van der Waals surface area contributed by atoms with Crippen LogP contribution < -0.4 is 5.32 Å². The summed E-state index contributed by atoms with van der Waals surface area (Å²) in [5.41, 5.74) is 0. The second-order valence-corrected chi connectivity index (χ2v) is 3.32. The summed E-state index contributed by atoms with van der Waals surface area (Å²) < 4.78 is 0. The van der Waals surface area contributed by atoms with Gasteiger partial charge in [-0.25, -0.2) is 0 Å². The van der Waals surface area contributed by atoms with Gasteiger partial charge in [0.15, 0.2) is 0 Å². The number of hydrogen-bond donors (Lipinski definition) is 2. The van der Waals surface area contributed by atoms with Gasteiger partial charge in [-0.3, -0.25) is 9.59 Å². The fraction of sp³-hybridized carbons (Fsp3) is 0.636. The summed E-state index contributed by atoms with van der Waals surface area (Å²) in [5, 5.41) is 11.0. The summed E-state index contributed by atoms with van der Waals surface area (Å²) in [7, 11) is 0. The van der Waals surface area contributed by atoms with E-state index in [9.17, 15) is 9.59 Å². The van der Waals surface area contributed by atoms with Crippen LogP contribution in [0.15, 0.2) is 0 Å².